The average molecular weight is 398 g/mol. The van der Waals surface area contributed by atoms with E-state index in [2.05, 4.69) is 0 Å². The van der Waals surface area contributed by atoms with Crippen LogP contribution in [0.15, 0.2) is 48.0 Å². The Bertz CT molecular complexity index is 964. The third kappa shape index (κ3) is 4.56. The molecule has 0 spiro atoms. The zero-order valence-electron chi connectivity index (χ0n) is 16.3. The van der Waals surface area contributed by atoms with Crippen molar-refractivity contribution in [1.29, 1.82) is 0 Å². The van der Waals surface area contributed by atoms with E-state index in [4.69, 9.17) is 5.11 Å². The quantitative estimate of drug-likeness (QED) is 0.580. The Hall–Kier alpha value is -2.95. The van der Waals surface area contributed by atoms with Crippen molar-refractivity contribution in [3.63, 3.8) is 0 Å². The van der Waals surface area contributed by atoms with Crippen LogP contribution in [-0.4, -0.2) is 16.2 Å². The van der Waals surface area contributed by atoms with Gasteiger partial charge in [-0.1, -0.05) is 43.2 Å². The second-order valence-corrected chi connectivity index (χ2v) is 7.24. The number of carboxylic acids is 1. The maximum atomic E-state index is 14.7. The first-order valence-electron chi connectivity index (χ1n) is 9.86. The normalized spacial score (nSPS) is 14.7. The zero-order chi connectivity index (χ0) is 21.0. The van der Waals surface area contributed by atoms with Crippen LogP contribution in [0.3, 0.4) is 0 Å². The molecule has 3 nitrogen and oxygen atoms in total. The molecule has 0 heterocycles. The smallest absolute Gasteiger partial charge is 0.328 e. The molecule has 2 aromatic rings. The third-order valence-corrected chi connectivity index (χ3v) is 5.36. The molecule has 3 rings (SSSR count). The van der Waals surface area contributed by atoms with Crippen molar-refractivity contribution < 1.29 is 23.8 Å². The van der Waals surface area contributed by atoms with Crippen LogP contribution in [0.1, 0.15) is 62.1 Å². The van der Waals surface area contributed by atoms with E-state index in [1.807, 2.05) is 31.2 Å². The standard InChI is InChI=1S/C24H24F2O3/c1-2-15(14-21(28)29)16-8-10-18(11-9-16)22(17-6-4-3-5-7-17)19-12-13-20(27)24(26)23(19)25/h8-14,27H,2-7H2,1H3,(H,28,29)/b15-14+. The van der Waals surface area contributed by atoms with Gasteiger partial charge in [0.05, 0.1) is 0 Å². The van der Waals surface area contributed by atoms with Crippen molar-refractivity contribution in [2.75, 3.05) is 0 Å². The summed E-state index contributed by atoms with van der Waals surface area (Å²) in [6.45, 7) is 1.88. The molecule has 5 heteroatoms. The first kappa shape index (κ1) is 20.8. The van der Waals surface area contributed by atoms with E-state index in [1.54, 1.807) is 0 Å². The van der Waals surface area contributed by atoms with Crippen LogP contribution in [-0.2, 0) is 4.79 Å². The Labute approximate surface area is 169 Å². The average Bonchev–Trinajstić information content (AvgIpc) is 2.73. The number of rotatable bonds is 5. The van der Waals surface area contributed by atoms with Crippen molar-refractivity contribution in [1.82, 2.24) is 0 Å². The van der Waals surface area contributed by atoms with Crippen LogP contribution < -0.4 is 0 Å². The summed E-state index contributed by atoms with van der Waals surface area (Å²) in [5.41, 5.74) is 4.10. The highest BCUT2D eigenvalue weighted by molar-refractivity contribution is 5.90. The molecule has 0 radical (unpaired) electrons. The van der Waals surface area contributed by atoms with Crippen LogP contribution in [0.4, 0.5) is 8.78 Å². The van der Waals surface area contributed by atoms with E-state index >= 15 is 0 Å². The van der Waals surface area contributed by atoms with Crippen LogP contribution >= 0.6 is 0 Å². The lowest BCUT2D eigenvalue weighted by molar-refractivity contribution is -0.131. The molecule has 1 fully saturated rings. The van der Waals surface area contributed by atoms with Crippen LogP contribution in [0.2, 0.25) is 0 Å². The predicted octanol–water partition coefficient (Wildman–Crippen LogP) is 6.31. The molecule has 152 valence electrons. The lowest BCUT2D eigenvalue weighted by Crippen LogP contribution is -2.03. The van der Waals surface area contributed by atoms with Crippen molar-refractivity contribution in [2.24, 2.45) is 0 Å². The molecule has 0 saturated heterocycles. The molecule has 0 aromatic heterocycles. The molecule has 0 amide bonds. The molecule has 0 atom stereocenters. The Morgan fingerprint density at radius 1 is 0.966 bits per heavy atom. The number of phenolic OH excluding ortho intramolecular Hbond substituents is 1. The maximum Gasteiger partial charge on any atom is 0.328 e. The van der Waals surface area contributed by atoms with Crippen molar-refractivity contribution in [3.05, 3.63) is 76.4 Å². The van der Waals surface area contributed by atoms with Gasteiger partial charge in [-0.05, 0) is 66.5 Å². The summed E-state index contributed by atoms with van der Waals surface area (Å²) in [6.07, 6.45) is 6.50. The molecule has 1 aliphatic rings. The van der Waals surface area contributed by atoms with Gasteiger partial charge in [0.25, 0.3) is 0 Å². The van der Waals surface area contributed by atoms with Gasteiger partial charge in [-0.2, -0.15) is 4.39 Å². The van der Waals surface area contributed by atoms with Crippen molar-refractivity contribution >= 4 is 17.1 Å². The fourth-order valence-electron chi connectivity index (χ4n) is 3.90. The van der Waals surface area contributed by atoms with E-state index in [1.165, 1.54) is 18.2 Å². The summed E-state index contributed by atoms with van der Waals surface area (Å²) < 4.78 is 28.8. The fourth-order valence-corrected chi connectivity index (χ4v) is 3.90. The largest absolute Gasteiger partial charge is 0.505 e. The minimum atomic E-state index is -1.24. The van der Waals surface area contributed by atoms with Gasteiger partial charge in [0.15, 0.2) is 11.6 Å². The predicted molar refractivity (Wildman–Crippen MR) is 109 cm³/mol. The Kier molecular flexibility index (Phi) is 6.47. The first-order chi connectivity index (χ1) is 13.9. The number of benzene rings is 2. The van der Waals surface area contributed by atoms with E-state index < -0.39 is 23.4 Å². The summed E-state index contributed by atoms with van der Waals surface area (Å²) in [4.78, 5) is 11.0. The third-order valence-electron chi connectivity index (χ3n) is 5.36. The molecule has 0 aliphatic heterocycles. The highest BCUT2D eigenvalue weighted by atomic mass is 19.2. The molecule has 0 bridgehead atoms. The molecular weight excluding hydrogens is 374 g/mol. The summed E-state index contributed by atoms with van der Waals surface area (Å²) >= 11 is 0. The van der Waals surface area contributed by atoms with Gasteiger partial charge in [-0.15, -0.1) is 0 Å². The van der Waals surface area contributed by atoms with Gasteiger partial charge in [0.2, 0.25) is 5.82 Å². The number of phenols is 1. The van der Waals surface area contributed by atoms with E-state index in [0.29, 0.717) is 17.6 Å². The summed E-state index contributed by atoms with van der Waals surface area (Å²) in [5.74, 6) is -4.01. The molecule has 1 saturated carbocycles. The van der Waals surface area contributed by atoms with E-state index in [0.717, 1.165) is 48.8 Å². The van der Waals surface area contributed by atoms with Crippen LogP contribution in [0, 0.1) is 11.6 Å². The molecule has 2 N–H and O–H groups in total. The number of allylic oxidation sites excluding steroid dienone is 2. The lowest BCUT2D eigenvalue weighted by Gasteiger charge is -2.21. The Morgan fingerprint density at radius 2 is 1.59 bits per heavy atom. The number of aliphatic carboxylic acids is 1. The van der Waals surface area contributed by atoms with Crippen molar-refractivity contribution in [3.8, 4) is 5.75 Å². The Morgan fingerprint density at radius 3 is 2.17 bits per heavy atom. The minimum Gasteiger partial charge on any atom is -0.505 e. The molecular formula is C24H24F2O3. The molecule has 2 aromatic carbocycles. The van der Waals surface area contributed by atoms with Gasteiger partial charge in [-0.25, -0.2) is 9.18 Å². The summed E-state index contributed by atoms with van der Waals surface area (Å²) in [6, 6.07) is 9.86. The van der Waals surface area contributed by atoms with Crippen LogP contribution in [0.5, 0.6) is 5.75 Å². The number of hydrogen-bond acceptors (Lipinski definition) is 2. The monoisotopic (exact) mass is 398 g/mol. The van der Waals surface area contributed by atoms with Gasteiger partial charge < -0.3 is 10.2 Å². The Balaban J connectivity index is 2.11. The summed E-state index contributed by atoms with van der Waals surface area (Å²) in [7, 11) is 0. The zero-order valence-corrected chi connectivity index (χ0v) is 16.3. The number of carbonyl (C=O) groups is 1. The number of halogens is 2. The summed E-state index contributed by atoms with van der Waals surface area (Å²) in [5, 5.41) is 18.5. The second-order valence-electron chi connectivity index (χ2n) is 7.24. The highest BCUT2D eigenvalue weighted by Crippen LogP contribution is 2.38. The lowest BCUT2D eigenvalue weighted by atomic mass is 9.84. The van der Waals surface area contributed by atoms with E-state index in [-0.39, 0.29) is 5.56 Å². The number of hydrogen-bond donors (Lipinski definition) is 2. The topological polar surface area (TPSA) is 57.5 Å². The van der Waals surface area contributed by atoms with Crippen molar-refractivity contribution in [2.45, 2.75) is 45.4 Å². The molecule has 29 heavy (non-hydrogen) atoms. The maximum absolute atomic E-state index is 14.7. The first-order valence-corrected chi connectivity index (χ1v) is 9.86. The highest BCUT2D eigenvalue weighted by Gasteiger charge is 2.21. The number of carboxylic acid groups (broad SMARTS) is 1. The fraction of sp³-hybridized carbons (Fsp3) is 0.292. The van der Waals surface area contributed by atoms with E-state index in [9.17, 15) is 18.7 Å². The van der Waals surface area contributed by atoms with Crippen LogP contribution in [0.25, 0.3) is 11.1 Å². The number of aromatic hydroxyl groups is 1. The van der Waals surface area contributed by atoms with Gasteiger partial charge in [-0.3, -0.25) is 0 Å². The SMILES string of the molecule is CC/C(=C\C(=O)O)c1ccc(C(=C2CCCCC2)c2ccc(O)c(F)c2F)cc1. The molecule has 0 unspecified atom stereocenters. The molecule has 1 aliphatic carbocycles. The van der Waals surface area contributed by atoms with Gasteiger partial charge in [0.1, 0.15) is 0 Å². The van der Waals surface area contributed by atoms with Gasteiger partial charge in [0, 0.05) is 11.6 Å². The van der Waals surface area contributed by atoms with Gasteiger partial charge >= 0.3 is 5.97 Å². The second kappa shape index (κ2) is 9.03. The minimum absolute atomic E-state index is 0.141.